The normalized spacial score (nSPS) is 13.3. The molecule has 98 valence electrons. The van der Waals surface area contributed by atoms with Gasteiger partial charge in [-0.1, -0.05) is 13.8 Å². The summed E-state index contributed by atoms with van der Waals surface area (Å²) >= 11 is 0. The van der Waals surface area contributed by atoms with Gasteiger partial charge in [0.2, 0.25) is 0 Å². The van der Waals surface area contributed by atoms with Crippen molar-refractivity contribution in [2.45, 2.75) is 65.5 Å². The van der Waals surface area contributed by atoms with Gasteiger partial charge >= 0.3 is 0 Å². The molecule has 0 radical (unpaired) electrons. The van der Waals surface area contributed by atoms with Crippen LogP contribution in [0.3, 0.4) is 0 Å². The molecular weight excluding hydrogens is 216 g/mol. The topological polar surface area (TPSA) is 48.1 Å². The van der Waals surface area contributed by atoms with E-state index < -0.39 is 0 Å². The Bertz CT molecular complexity index is 173. The Hall–Kier alpha value is 0.0569. The van der Waals surface area contributed by atoms with E-state index in [0.717, 1.165) is 16.9 Å². The van der Waals surface area contributed by atoms with Crippen molar-refractivity contribution in [1.82, 2.24) is 20.9 Å². The summed E-state index contributed by atoms with van der Waals surface area (Å²) in [6.07, 6.45) is 0. The largest absolute Gasteiger partial charge is 0.316 e. The monoisotopic (exact) mass is 246 g/mol. The van der Waals surface area contributed by atoms with Crippen molar-refractivity contribution in [3.05, 3.63) is 0 Å². The predicted molar refractivity (Wildman–Crippen MR) is 75.5 cm³/mol. The van der Waals surface area contributed by atoms with Crippen molar-refractivity contribution >= 4 is 10.4 Å². The minimum Gasteiger partial charge on any atom is -0.316 e. The van der Waals surface area contributed by atoms with Crippen molar-refractivity contribution in [3.63, 3.8) is 0 Å². The van der Waals surface area contributed by atoms with Crippen molar-refractivity contribution in [3.8, 4) is 0 Å². The van der Waals surface area contributed by atoms with Gasteiger partial charge in [-0.25, -0.2) is 0 Å². The molecule has 4 nitrogen and oxygen atoms in total. The van der Waals surface area contributed by atoms with Gasteiger partial charge in [0.25, 0.3) is 0 Å². The third-order valence-electron chi connectivity index (χ3n) is 2.27. The van der Waals surface area contributed by atoms with Crippen molar-refractivity contribution in [1.29, 1.82) is 0 Å². The molecule has 0 aliphatic rings. The summed E-state index contributed by atoms with van der Waals surface area (Å²) < 4.78 is 0. The van der Waals surface area contributed by atoms with E-state index in [2.05, 4.69) is 62.5 Å². The van der Waals surface area contributed by atoms with Crippen LogP contribution in [-0.4, -0.2) is 40.9 Å². The maximum absolute atomic E-state index is 3.58. The molecule has 0 aliphatic carbocycles. The SMILES string of the molecule is CC(C)NCC(N[SiH3])(NC(C)C)NC(C)C. The fraction of sp³-hybridized carbons (Fsp3) is 1.00. The molecule has 0 saturated heterocycles. The lowest BCUT2D eigenvalue weighted by atomic mass is 10.2. The molecule has 0 heterocycles. The second-order valence-electron chi connectivity index (χ2n) is 5.29. The molecular formula is C11H30N4Si. The molecule has 0 saturated carbocycles. The molecule has 0 rings (SSSR count). The van der Waals surface area contributed by atoms with Crippen LogP contribution in [-0.2, 0) is 0 Å². The third-order valence-corrected chi connectivity index (χ3v) is 3.13. The van der Waals surface area contributed by atoms with E-state index in [1.165, 1.54) is 0 Å². The summed E-state index contributed by atoms with van der Waals surface area (Å²) in [5.41, 5.74) is 0. The molecule has 0 atom stereocenters. The lowest BCUT2D eigenvalue weighted by Gasteiger charge is -2.40. The van der Waals surface area contributed by atoms with Gasteiger partial charge in [-0.15, -0.1) is 0 Å². The van der Waals surface area contributed by atoms with Gasteiger partial charge in [0.05, 0.1) is 10.4 Å². The van der Waals surface area contributed by atoms with Crippen LogP contribution in [0.2, 0.25) is 0 Å². The van der Waals surface area contributed by atoms with Crippen LogP contribution >= 0.6 is 0 Å². The van der Waals surface area contributed by atoms with E-state index in [1.54, 1.807) is 0 Å². The molecule has 0 aliphatic heterocycles. The first-order valence-corrected chi connectivity index (χ1v) is 7.29. The molecule has 16 heavy (non-hydrogen) atoms. The molecule has 4 N–H and O–H groups in total. The first-order valence-electron chi connectivity index (χ1n) is 6.29. The predicted octanol–water partition coefficient (Wildman–Crippen LogP) is -0.496. The third kappa shape index (κ3) is 6.60. The van der Waals surface area contributed by atoms with Crippen LogP contribution in [0.25, 0.3) is 0 Å². The van der Waals surface area contributed by atoms with E-state index in [9.17, 15) is 0 Å². The fourth-order valence-electron chi connectivity index (χ4n) is 1.72. The minimum absolute atomic E-state index is 0.182. The average Bonchev–Trinajstić information content (AvgIpc) is 2.12. The van der Waals surface area contributed by atoms with Gasteiger partial charge < -0.3 is 10.3 Å². The summed E-state index contributed by atoms with van der Waals surface area (Å²) in [6.45, 7) is 13.9. The highest BCUT2D eigenvalue weighted by Crippen LogP contribution is 1.99. The second-order valence-corrected chi connectivity index (χ2v) is 5.79. The van der Waals surface area contributed by atoms with Crippen LogP contribution in [0.4, 0.5) is 0 Å². The van der Waals surface area contributed by atoms with Crippen LogP contribution < -0.4 is 20.9 Å². The number of hydrogen-bond acceptors (Lipinski definition) is 4. The highest BCUT2D eigenvalue weighted by Gasteiger charge is 2.28. The summed E-state index contributed by atoms with van der Waals surface area (Å²) in [5.74, 6) is -0.182. The van der Waals surface area contributed by atoms with Crippen LogP contribution in [0.15, 0.2) is 0 Å². The molecule has 0 aromatic rings. The molecule has 0 aromatic heterocycles. The zero-order valence-electron chi connectivity index (χ0n) is 11.9. The molecule has 5 heteroatoms. The van der Waals surface area contributed by atoms with E-state index in [0.29, 0.717) is 18.1 Å². The summed E-state index contributed by atoms with van der Waals surface area (Å²) in [6, 6.07) is 1.39. The van der Waals surface area contributed by atoms with Gasteiger partial charge in [0, 0.05) is 24.7 Å². The van der Waals surface area contributed by atoms with Crippen LogP contribution in [0, 0.1) is 0 Å². The first-order chi connectivity index (χ1) is 7.31. The van der Waals surface area contributed by atoms with Crippen molar-refractivity contribution < 1.29 is 0 Å². The van der Waals surface area contributed by atoms with Crippen molar-refractivity contribution in [2.24, 2.45) is 0 Å². The average molecular weight is 246 g/mol. The van der Waals surface area contributed by atoms with Gasteiger partial charge in [-0.3, -0.25) is 10.6 Å². The summed E-state index contributed by atoms with van der Waals surface area (Å²) in [4.78, 5) is 3.49. The van der Waals surface area contributed by atoms with Gasteiger partial charge in [0.15, 0.2) is 0 Å². The van der Waals surface area contributed by atoms with Crippen molar-refractivity contribution in [2.75, 3.05) is 6.54 Å². The maximum atomic E-state index is 3.58. The Morgan fingerprint density at radius 2 is 1.31 bits per heavy atom. The Kier molecular flexibility index (Phi) is 7.42. The lowest BCUT2D eigenvalue weighted by molar-refractivity contribution is 0.192. The van der Waals surface area contributed by atoms with Gasteiger partial charge in [-0.2, -0.15) is 0 Å². The van der Waals surface area contributed by atoms with Crippen LogP contribution in [0.5, 0.6) is 0 Å². The van der Waals surface area contributed by atoms with Crippen LogP contribution in [0.1, 0.15) is 41.5 Å². The maximum Gasteiger partial charge on any atom is 0.130 e. The molecule has 0 fully saturated rings. The minimum atomic E-state index is -0.182. The standard InChI is InChI=1S/C11H30N4Si/c1-8(2)12-7-11(15-16,13-9(3)4)14-10(5)6/h8-10,12-15H,7H2,1-6,16H3. The zero-order chi connectivity index (χ0) is 12.8. The summed E-state index contributed by atoms with van der Waals surface area (Å²) in [7, 11) is 0.952. The fourth-order valence-corrected chi connectivity index (χ4v) is 2.18. The Balaban J connectivity index is 4.53. The Labute approximate surface area is 104 Å². The smallest absolute Gasteiger partial charge is 0.130 e. The van der Waals surface area contributed by atoms with E-state index in [1.807, 2.05) is 0 Å². The Morgan fingerprint density at radius 3 is 1.56 bits per heavy atom. The van der Waals surface area contributed by atoms with E-state index in [-0.39, 0.29) is 5.79 Å². The first kappa shape index (κ1) is 16.1. The zero-order valence-corrected chi connectivity index (χ0v) is 13.9. The molecule has 0 unspecified atom stereocenters. The lowest BCUT2D eigenvalue weighted by Crippen LogP contribution is -2.73. The highest BCUT2D eigenvalue weighted by atomic mass is 28.2. The van der Waals surface area contributed by atoms with Gasteiger partial charge in [0.1, 0.15) is 5.79 Å². The Morgan fingerprint density at radius 1 is 0.875 bits per heavy atom. The number of hydrogen-bond donors (Lipinski definition) is 4. The van der Waals surface area contributed by atoms with E-state index >= 15 is 0 Å². The molecule has 0 amide bonds. The number of rotatable bonds is 8. The second kappa shape index (κ2) is 7.40. The quantitative estimate of drug-likeness (QED) is 0.345. The van der Waals surface area contributed by atoms with Gasteiger partial charge in [-0.05, 0) is 27.7 Å². The summed E-state index contributed by atoms with van der Waals surface area (Å²) in [5, 5.41) is 10.6. The molecule has 0 spiro atoms. The van der Waals surface area contributed by atoms with E-state index in [4.69, 9.17) is 0 Å². The number of nitrogens with one attached hydrogen (secondary N) is 4. The molecule has 0 bridgehead atoms. The highest BCUT2D eigenvalue weighted by molar-refractivity contribution is 6.04. The molecule has 0 aromatic carbocycles.